The van der Waals surface area contributed by atoms with Gasteiger partial charge in [0.1, 0.15) is 7.05 Å². The van der Waals surface area contributed by atoms with E-state index in [9.17, 15) is 0 Å². The summed E-state index contributed by atoms with van der Waals surface area (Å²) < 4.78 is 2.20. The lowest BCUT2D eigenvalue weighted by atomic mass is 10.0. The molecule has 0 bridgehead atoms. The molecular formula is C17H21N2Si+. The van der Waals surface area contributed by atoms with E-state index in [0.717, 1.165) is 5.56 Å². The third-order valence-corrected chi connectivity index (χ3v) is 5.66. The van der Waals surface area contributed by atoms with E-state index in [1.54, 1.807) is 0 Å². The molecule has 0 atom stereocenters. The summed E-state index contributed by atoms with van der Waals surface area (Å²) in [4.78, 5) is 0. The van der Waals surface area contributed by atoms with Gasteiger partial charge in [-0.1, -0.05) is 25.7 Å². The molecule has 3 heteroatoms. The van der Waals surface area contributed by atoms with Gasteiger partial charge in [0.15, 0.2) is 6.20 Å². The normalized spacial score (nSPS) is 11.2. The molecule has 0 amide bonds. The third kappa shape index (κ3) is 2.81. The predicted octanol–water partition coefficient (Wildman–Crippen LogP) is 2.90. The van der Waals surface area contributed by atoms with Crippen molar-refractivity contribution in [1.29, 1.82) is 5.26 Å². The molecule has 0 N–H and O–H groups in total. The summed E-state index contributed by atoms with van der Waals surface area (Å²) in [5, 5.41) is 10.4. The van der Waals surface area contributed by atoms with Crippen molar-refractivity contribution in [1.82, 2.24) is 0 Å². The van der Waals surface area contributed by atoms with Gasteiger partial charge in [0.2, 0.25) is 5.69 Å². The summed E-state index contributed by atoms with van der Waals surface area (Å²) in [6.07, 6.45) is 2.25. The number of aryl methyl sites for hydroxylation is 2. The SMILES string of the molecule is Cc1cc(C#N)ccc1-c1ccc([Si](C)(C)C)c[n+]1C. The summed E-state index contributed by atoms with van der Waals surface area (Å²) in [6.45, 7) is 9.13. The Labute approximate surface area is 122 Å². The van der Waals surface area contributed by atoms with Crippen LogP contribution >= 0.6 is 0 Å². The van der Waals surface area contributed by atoms with Crippen LogP contribution in [0.2, 0.25) is 19.6 Å². The number of nitriles is 1. The van der Waals surface area contributed by atoms with Crippen molar-refractivity contribution in [2.24, 2.45) is 7.05 Å². The van der Waals surface area contributed by atoms with Crippen LogP contribution in [0.3, 0.4) is 0 Å². The van der Waals surface area contributed by atoms with Gasteiger partial charge >= 0.3 is 0 Å². The zero-order valence-corrected chi connectivity index (χ0v) is 13.9. The molecule has 102 valence electrons. The van der Waals surface area contributed by atoms with Crippen LogP contribution in [0, 0.1) is 18.3 Å². The van der Waals surface area contributed by atoms with Gasteiger partial charge in [0.05, 0.1) is 19.7 Å². The zero-order valence-electron chi connectivity index (χ0n) is 12.9. The van der Waals surface area contributed by atoms with Crippen molar-refractivity contribution in [2.75, 3.05) is 0 Å². The van der Waals surface area contributed by atoms with Gasteiger partial charge in [-0.25, -0.2) is 4.57 Å². The molecule has 2 aromatic rings. The van der Waals surface area contributed by atoms with E-state index in [0.29, 0.717) is 5.56 Å². The molecule has 2 nitrogen and oxygen atoms in total. The smallest absolute Gasteiger partial charge is 0.201 e. The van der Waals surface area contributed by atoms with Gasteiger partial charge in [-0.2, -0.15) is 5.26 Å². The standard InChI is InChI=1S/C17H21N2Si/c1-13-10-14(11-18)6-8-16(13)17-9-7-15(12-19(17)2)20(3,4)5/h6-10,12H,1-5H3/q+1. The second-order valence-electron chi connectivity index (χ2n) is 6.31. The number of hydrogen-bond acceptors (Lipinski definition) is 1. The summed E-state index contributed by atoms with van der Waals surface area (Å²) in [7, 11) is 0.813. The fraction of sp³-hybridized carbons (Fsp3) is 0.294. The van der Waals surface area contributed by atoms with Crippen LogP contribution in [0.4, 0.5) is 0 Å². The number of benzene rings is 1. The monoisotopic (exact) mass is 281 g/mol. The van der Waals surface area contributed by atoms with Gasteiger partial charge in [-0.15, -0.1) is 0 Å². The van der Waals surface area contributed by atoms with Crippen LogP contribution in [0.5, 0.6) is 0 Å². The van der Waals surface area contributed by atoms with Crippen LogP contribution in [-0.4, -0.2) is 8.07 Å². The Morgan fingerprint density at radius 3 is 2.30 bits per heavy atom. The van der Waals surface area contributed by atoms with Gasteiger partial charge in [-0.3, -0.25) is 0 Å². The molecule has 2 rings (SSSR count). The molecule has 1 aromatic carbocycles. The number of nitrogens with zero attached hydrogens (tertiary/aromatic N) is 2. The Kier molecular flexibility index (Phi) is 3.78. The molecule has 1 heterocycles. The average Bonchev–Trinajstić information content (AvgIpc) is 2.38. The molecule has 1 aromatic heterocycles. The molecule has 0 unspecified atom stereocenters. The van der Waals surface area contributed by atoms with Crippen LogP contribution in [0.15, 0.2) is 36.5 Å². The minimum absolute atomic E-state index is 0.715. The van der Waals surface area contributed by atoms with Crippen LogP contribution < -0.4 is 9.75 Å². The second-order valence-corrected chi connectivity index (χ2v) is 11.4. The molecule has 0 spiro atoms. The fourth-order valence-corrected chi connectivity index (χ4v) is 3.52. The summed E-state index contributed by atoms with van der Waals surface area (Å²) in [5.41, 5.74) is 4.23. The highest BCUT2D eigenvalue weighted by Gasteiger charge is 2.21. The lowest BCUT2D eigenvalue weighted by molar-refractivity contribution is -0.659. The van der Waals surface area contributed by atoms with E-state index in [2.05, 4.69) is 62.6 Å². The summed E-state index contributed by atoms with van der Waals surface area (Å²) >= 11 is 0. The van der Waals surface area contributed by atoms with Crippen LogP contribution in [-0.2, 0) is 7.05 Å². The maximum atomic E-state index is 8.95. The highest BCUT2D eigenvalue weighted by Crippen LogP contribution is 2.21. The van der Waals surface area contributed by atoms with Crippen molar-refractivity contribution in [3.8, 4) is 17.3 Å². The highest BCUT2D eigenvalue weighted by atomic mass is 28.3. The van der Waals surface area contributed by atoms with E-state index in [1.165, 1.54) is 16.4 Å². The van der Waals surface area contributed by atoms with Crippen molar-refractivity contribution in [3.05, 3.63) is 47.7 Å². The van der Waals surface area contributed by atoms with Gasteiger partial charge < -0.3 is 0 Å². The van der Waals surface area contributed by atoms with E-state index < -0.39 is 8.07 Å². The Morgan fingerprint density at radius 2 is 1.80 bits per heavy atom. The molecule has 0 aliphatic carbocycles. The van der Waals surface area contributed by atoms with Crippen LogP contribution in [0.25, 0.3) is 11.3 Å². The average molecular weight is 281 g/mol. The van der Waals surface area contributed by atoms with E-state index in [-0.39, 0.29) is 0 Å². The lowest BCUT2D eigenvalue weighted by Gasteiger charge is -2.15. The van der Waals surface area contributed by atoms with Crippen LogP contribution in [0.1, 0.15) is 11.1 Å². The number of pyridine rings is 1. The molecule has 0 fully saturated rings. The maximum Gasteiger partial charge on any atom is 0.212 e. The Morgan fingerprint density at radius 1 is 1.10 bits per heavy atom. The summed E-state index contributed by atoms with van der Waals surface area (Å²) in [5.74, 6) is 0. The van der Waals surface area contributed by atoms with E-state index in [4.69, 9.17) is 5.26 Å². The Hall–Kier alpha value is -1.92. The topological polar surface area (TPSA) is 27.7 Å². The Balaban J connectivity index is 2.52. The van der Waals surface area contributed by atoms with Crippen molar-refractivity contribution in [2.45, 2.75) is 26.6 Å². The number of rotatable bonds is 2. The first kappa shape index (κ1) is 14.5. The van der Waals surface area contributed by atoms with E-state index in [1.807, 2.05) is 18.2 Å². The fourth-order valence-electron chi connectivity index (χ4n) is 2.35. The second kappa shape index (κ2) is 5.22. The maximum absolute atomic E-state index is 8.95. The first-order chi connectivity index (χ1) is 9.32. The van der Waals surface area contributed by atoms with E-state index >= 15 is 0 Å². The molecule has 0 aliphatic heterocycles. The van der Waals surface area contributed by atoms with Crippen molar-refractivity contribution >= 4 is 13.3 Å². The molecule has 0 aliphatic rings. The van der Waals surface area contributed by atoms with Gasteiger partial charge in [0, 0.05) is 16.8 Å². The quantitative estimate of drug-likeness (QED) is 0.614. The van der Waals surface area contributed by atoms with Gasteiger partial charge in [0.25, 0.3) is 0 Å². The van der Waals surface area contributed by atoms with Crippen molar-refractivity contribution < 1.29 is 4.57 Å². The summed E-state index contributed by atoms with van der Waals surface area (Å²) in [6, 6.07) is 12.5. The lowest BCUT2D eigenvalue weighted by Crippen LogP contribution is -2.44. The highest BCUT2D eigenvalue weighted by molar-refractivity contribution is 6.88. The molecule has 0 saturated heterocycles. The number of aromatic nitrogens is 1. The molecular weight excluding hydrogens is 260 g/mol. The molecule has 0 saturated carbocycles. The predicted molar refractivity (Wildman–Crippen MR) is 85.5 cm³/mol. The Bertz CT molecular complexity index is 691. The first-order valence-electron chi connectivity index (χ1n) is 6.84. The zero-order chi connectivity index (χ0) is 14.9. The van der Waals surface area contributed by atoms with Crippen molar-refractivity contribution in [3.63, 3.8) is 0 Å². The molecule has 20 heavy (non-hydrogen) atoms. The first-order valence-corrected chi connectivity index (χ1v) is 10.3. The number of hydrogen-bond donors (Lipinski definition) is 0. The third-order valence-electron chi connectivity index (χ3n) is 3.63. The largest absolute Gasteiger partial charge is 0.212 e. The minimum atomic E-state index is -1.28. The molecule has 0 radical (unpaired) electrons. The van der Waals surface area contributed by atoms with Gasteiger partial charge in [-0.05, 0) is 30.7 Å². The minimum Gasteiger partial charge on any atom is -0.201 e.